The molecule has 0 aromatic heterocycles. The lowest BCUT2D eigenvalue weighted by molar-refractivity contribution is -0.137. The minimum atomic E-state index is -0.799. The molecule has 1 saturated heterocycles. The predicted octanol–water partition coefficient (Wildman–Crippen LogP) is 1.99. The highest BCUT2D eigenvalue weighted by atomic mass is 32.2. The molecule has 0 aromatic carbocycles. The molecule has 17 heavy (non-hydrogen) atoms. The highest BCUT2D eigenvalue weighted by molar-refractivity contribution is 8.00. The molecule has 1 fully saturated rings. The van der Waals surface area contributed by atoms with E-state index in [0.29, 0.717) is 5.75 Å². The highest BCUT2D eigenvalue weighted by Crippen LogP contribution is 2.16. The molecule has 0 aliphatic carbocycles. The topological polar surface area (TPSA) is 57.6 Å². The van der Waals surface area contributed by atoms with E-state index in [-0.39, 0.29) is 17.6 Å². The van der Waals surface area contributed by atoms with Crippen LogP contribution in [0.4, 0.5) is 0 Å². The van der Waals surface area contributed by atoms with Crippen molar-refractivity contribution in [2.75, 3.05) is 18.8 Å². The number of rotatable bonds is 5. The lowest BCUT2D eigenvalue weighted by Gasteiger charge is -2.20. The summed E-state index contributed by atoms with van der Waals surface area (Å²) < 4.78 is 0. The second-order valence-electron chi connectivity index (χ2n) is 4.51. The third-order valence-electron chi connectivity index (χ3n) is 2.91. The van der Waals surface area contributed by atoms with Crippen LogP contribution in [0.15, 0.2) is 0 Å². The van der Waals surface area contributed by atoms with Gasteiger partial charge in [0.2, 0.25) is 5.91 Å². The first-order chi connectivity index (χ1) is 8.09. The zero-order valence-corrected chi connectivity index (χ0v) is 11.2. The third-order valence-corrected chi connectivity index (χ3v) is 4.06. The molecule has 0 saturated carbocycles. The normalized spacial score (nSPS) is 18.5. The molecule has 5 heteroatoms. The van der Waals surface area contributed by atoms with Gasteiger partial charge in [-0.3, -0.25) is 9.59 Å². The SMILES string of the molecule is CC(CC(=O)O)SCC(=O)N1CCCCCC1. The molecule has 1 N–H and O–H groups in total. The van der Waals surface area contributed by atoms with E-state index in [2.05, 4.69) is 0 Å². The molecule has 1 rings (SSSR count). The van der Waals surface area contributed by atoms with Crippen molar-refractivity contribution in [3.05, 3.63) is 0 Å². The van der Waals surface area contributed by atoms with E-state index in [9.17, 15) is 9.59 Å². The smallest absolute Gasteiger partial charge is 0.304 e. The quantitative estimate of drug-likeness (QED) is 0.820. The molecule has 0 radical (unpaired) electrons. The number of likely N-dealkylation sites (tertiary alicyclic amines) is 1. The Labute approximate surface area is 107 Å². The maximum atomic E-state index is 11.9. The second-order valence-corrected chi connectivity index (χ2v) is 5.94. The molecular weight excluding hydrogens is 238 g/mol. The Kier molecular flexibility index (Phi) is 6.40. The van der Waals surface area contributed by atoms with Crippen molar-refractivity contribution in [1.29, 1.82) is 0 Å². The molecule has 98 valence electrons. The minimum Gasteiger partial charge on any atom is -0.481 e. The van der Waals surface area contributed by atoms with Crippen LogP contribution in [0.25, 0.3) is 0 Å². The number of amides is 1. The zero-order valence-electron chi connectivity index (χ0n) is 10.4. The number of carbonyl (C=O) groups excluding carboxylic acids is 1. The summed E-state index contributed by atoms with van der Waals surface area (Å²) in [5, 5.41) is 8.63. The molecule has 0 bridgehead atoms. The molecule has 1 heterocycles. The Hall–Kier alpha value is -0.710. The summed E-state index contributed by atoms with van der Waals surface area (Å²) in [5.74, 6) is -0.226. The van der Waals surface area contributed by atoms with E-state index >= 15 is 0 Å². The molecule has 1 aliphatic heterocycles. The molecule has 0 spiro atoms. The summed E-state index contributed by atoms with van der Waals surface area (Å²) in [5.41, 5.74) is 0. The summed E-state index contributed by atoms with van der Waals surface area (Å²) >= 11 is 1.44. The van der Waals surface area contributed by atoms with Crippen molar-refractivity contribution in [2.24, 2.45) is 0 Å². The number of hydrogen-bond acceptors (Lipinski definition) is 3. The fourth-order valence-electron chi connectivity index (χ4n) is 1.93. The van der Waals surface area contributed by atoms with Gasteiger partial charge in [-0.2, -0.15) is 0 Å². The fraction of sp³-hybridized carbons (Fsp3) is 0.833. The first kappa shape index (κ1) is 14.4. The van der Waals surface area contributed by atoms with Crippen molar-refractivity contribution in [1.82, 2.24) is 4.90 Å². The van der Waals surface area contributed by atoms with Gasteiger partial charge < -0.3 is 10.0 Å². The average molecular weight is 259 g/mol. The lowest BCUT2D eigenvalue weighted by atomic mass is 10.2. The van der Waals surface area contributed by atoms with Crippen LogP contribution in [-0.2, 0) is 9.59 Å². The Balaban J connectivity index is 2.25. The largest absolute Gasteiger partial charge is 0.481 e. The van der Waals surface area contributed by atoms with E-state index in [1.54, 1.807) is 0 Å². The summed E-state index contributed by atoms with van der Waals surface area (Å²) in [6.45, 7) is 3.59. The summed E-state index contributed by atoms with van der Waals surface area (Å²) in [4.78, 5) is 24.3. The van der Waals surface area contributed by atoms with Crippen LogP contribution in [0.5, 0.6) is 0 Å². The first-order valence-electron chi connectivity index (χ1n) is 6.21. The van der Waals surface area contributed by atoms with Crippen molar-refractivity contribution < 1.29 is 14.7 Å². The van der Waals surface area contributed by atoms with E-state index in [1.165, 1.54) is 24.6 Å². The van der Waals surface area contributed by atoms with Gasteiger partial charge in [-0.25, -0.2) is 0 Å². The summed E-state index contributed by atoms with van der Waals surface area (Å²) in [6, 6.07) is 0. The zero-order chi connectivity index (χ0) is 12.7. The summed E-state index contributed by atoms with van der Waals surface area (Å²) in [7, 11) is 0. The van der Waals surface area contributed by atoms with E-state index in [0.717, 1.165) is 25.9 Å². The van der Waals surface area contributed by atoms with Crippen molar-refractivity contribution in [3.63, 3.8) is 0 Å². The van der Waals surface area contributed by atoms with Gasteiger partial charge >= 0.3 is 5.97 Å². The van der Waals surface area contributed by atoms with Crippen LogP contribution in [-0.4, -0.2) is 46.0 Å². The lowest BCUT2D eigenvalue weighted by Crippen LogP contribution is -2.33. The van der Waals surface area contributed by atoms with E-state index in [1.807, 2.05) is 11.8 Å². The van der Waals surface area contributed by atoms with Crippen LogP contribution in [0.3, 0.4) is 0 Å². The van der Waals surface area contributed by atoms with Gasteiger partial charge in [0.25, 0.3) is 0 Å². The predicted molar refractivity (Wildman–Crippen MR) is 69.2 cm³/mol. The maximum Gasteiger partial charge on any atom is 0.304 e. The van der Waals surface area contributed by atoms with Crippen LogP contribution in [0, 0.1) is 0 Å². The average Bonchev–Trinajstić information content (AvgIpc) is 2.53. The number of aliphatic carboxylic acids is 1. The van der Waals surface area contributed by atoms with Gasteiger partial charge in [0, 0.05) is 18.3 Å². The van der Waals surface area contributed by atoms with Gasteiger partial charge in [-0.1, -0.05) is 19.8 Å². The Morgan fingerprint density at radius 2 is 1.82 bits per heavy atom. The van der Waals surface area contributed by atoms with Crippen LogP contribution in [0.2, 0.25) is 0 Å². The van der Waals surface area contributed by atoms with Crippen molar-refractivity contribution in [3.8, 4) is 0 Å². The number of carbonyl (C=O) groups is 2. The molecule has 1 aliphatic rings. The molecule has 4 nitrogen and oxygen atoms in total. The van der Waals surface area contributed by atoms with Gasteiger partial charge in [0.15, 0.2) is 0 Å². The number of carboxylic acids is 1. The number of carboxylic acid groups (broad SMARTS) is 1. The molecular formula is C12H21NO3S. The van der Waals surface area contributed by atoms with Gasteiger partial charge in [0.1, 0.15) is 0 Å². The Morgan fingerprint density at radius 3 is 2.35 bits per heavy atom. The Morgan fingerprint density at radius 1 is 1.24 bits per heavy atom. The third kappa shape index (κ3) is 5.96. The van der Waals surface area contributed by atoms with E-state index < -0.39 is 5.97 Å². The molecule has 1 unspecified atom stereocenters. The van der Waals surface area contributed by atoms with Gasteiger partial charge in [-0.05, 0) is 12.8 Å². The molecule has 1 amide bonds. The van der Waals surface area contributed by atoms with Crippen molar-refractivity contribution in [2.45, 2.75) is 44.3 Å². The van der Waals surface area contributed by atoms with Gasteiger partial charge in [0.05, 0.1) is 12.2 Å². The number of hydrogen-bond donors (Lipinski definition) is 1. The highest BCUT2D eigenvalue weighted by Gasteiger charge is 2.17. The van der Waals surface area contributed by atoms with E-state index in [4.69, 9.17) is 5.11 Å². The first-order valence-corrected chi connectivity index (χ1v) is 7.25. The van der Waals surface area contributed by atoms with Crippen LogP contribution >= 0.6 is 11.8 Å². The standard InChI is InChI=1S/C12H21NO3S/c1-10(8-12(15)16)17-9-11(14)13-6-4-2-3-5-7-13/h10H,2-9H2,1H3,(H,15,16). The Bertz CT molecular complexity index is 262. The maximum absolute atomic E-state index is 11.9. The molecule has 0 aromatic rings. The van der Waals surface area contributed by atoms with Crippen LogP contribution < -0.4 is 0 Å². The minimum absolute atomic E-state index is 0.00317. The summed E-state index contributed by atoms with van der Waals surface area (Å²) in [6.07, 6.45) is 4.75. The van der Waals surface area contributed by atoms with Crippen LogP contribution in [0.1, 0.15) is 39.0 Å². The number of thioether (sulfide) groups is 1. The second kappa shape index (κ2) is 7.58. The monoisotopic (exact) mass is 259 g/mol. The van der Waals surface area contributed by atoms with Gasteiger partial charge in [-0.15, -0.1) is 11.8 Å². The fourth-order valence-corrected chi connectivity index (χ4v) is 2.80. The number of nitrogens with zero attached hydrogens (tertiary/aromatic N) is 1. The molecule has 1 atom stereocenters. The van der Waals surface area contributed by atoms with Crippen molar-refractivity contribution >= 4 is 23.6 Å².